The first-order valence-corrected chi connectivity index (χ1v) is 9.02. The fourth-order valence-corrected chi connectivity index (χ4v) is 3.51. The molecule has 1 atom stereocenters. The Balaban J connectivity index is 1.40. The number of anilines is 1. The molecule has 2 aromatic rings. The van der Waals surface area contributed by atoms with E-state index in [9.17, 15) is 0 Å². The van der Waals surface area contributed by atoms with Crippen molar-refractivity contribution in [2.45, 2.75) is 45.6 Å². The molecule has 0 amide bonds. The summed E-state index contributed by atoms with van der Waals surface area (Å²) in [5, 5.41) is 4.15. The minimum Gasteiger partial charge on any atom is -0.369 e. The Hall–Kier alpha value is -1.88. The predicted octanol–water partition coefficient (Wildman–Crippen LogP) is 3.45. The number of hydrogen-bond acceptors (Lipinski definition) is 5. The fourth-order valence-electron chi connectivity index (χ4n) is 3.51. The van der Waals surface area contributed by atoms with E-state index in [2.05, 4.69) is 58.9 Å². The number of benzene rings is 1. The number of piperazine rings is 1. The van der Waals surface area contributed by atoms with Gasteiger partial charge in [0.25, 0.3) is 0 Å². The summed E-state index contributed by atoms with van der Waals surface area (Å²) in [6.45, 7) is 10.7. The second-order valence-electron chi connectivity index (χ2n) is 7.18. The number of aromatic nitrogens is 2. The summed E-state index contributed by atoms with van der Waals surface area (Å²) in [4.78, 5) is 9.56. The number of hydrogen-bond donors (Lipinski definition) is 0. The lowest BCUT2D eigenvalue weighted by Gasteiger charge is -2.38. The molecule has 0 unspecified atom stereocenters. The van der Waals surface area contributed by atoms with E-state index in [4.69, 9.17) is 4.52 Å². The van der Waals surface area contributed by atoms with Gasteiger partial charge in [-0.3, -0.25) is 4.90 Å². The van der Waals surface area contributed by atoms with Crippen LogP contribution in [0.5, 0.6) is 0 Å². The van der Waals surface area contributed by atoms with E-state index >= 15 is 0 Å². The summed E-state index contributed by atoms with van der Waals surface area (Å²) < 4.78 is 5.51. The number of aryl methyl sites for hydroxylation is 1. The molecule has 0 radical (unpaired) electrons. The number of nitrogens with zero attached hydrogens (tertiary/aromatic N) is 4. The lowest BCUT2D eigenvalue weighted by Crippen LogP contribution is -2.47. The van der Waals surface area contributed by atoms with Crippen LogP contribution in [0.25, 0.3) is 0 Å². The molecule has 0 bridgehead atoms. The van der Waals surface area contributed by atoms with Gasteiger partial charge in [-0.1, -0.05) is 17.3 Å². The van der Waals surface area contributed by atoms with Crippen LogP contribution in [0.2, 0.25) is 0 Å². The second kappa shape index (κ2) is 6.20. The van der Waals surface area contributed by atoms with Gasteiger partial charge in [-0.2, -0.15) is 4.98 Å². The summed E-state index contributed by atoms with van der Waals surface area (Å²) in [5.41, 5.74) is 4.13. The minimum absolute atomic E-state index is 0.200. The highest BCUT2D eigenvalue weighted by atomic mass is 16.5. The normalized spacial score (nSPS) is 20.4. The maximum Gasteiger partial charge on any atom is 0.243 e. The van der Waals surface area contributed by atoms with Crippen LogP contribution in [0, 0.1) is 13.8 Å². The van der Waals surface area contributed by atoms with Crippen molar-refractivity contribution in [3.8, 4) is 0 Å². The summed E-state index contributed by atoms with van der Waals surface area (Å²) >= 11 is 0. The molecule has 4 rings (SSSR count). The highest BCUT2D eigenvalue weighted by Gasteiger charge is 2.31. The van der Waals surface area contributed by atoms with Crippen molar-refractivity contribution in [3.63, 3.8) is 0 Å². The molecule has 5 heteroatoms. The molecule has 1 saturated carbocycles. The zero-order valence-electron chi connectivity index (χ0n) is 14.8. The van der Waals surface area contributed by atoms with Crippen molar-refractivity contribution in [1.29, 1.82) is 0 Å². The second-order valence-corrected chi connectivity index (χ2v) is 7.18. The van der Waals surface area contributed by atoms with Gasteiger partial charge in [-0.25, -0.2) is 0 Å². The van der Waals surface area contributed by atoms with Gasteiger partial charge in [-0.15, -0.1) is 0 Å². The van der Waals surface area contributed by atoms with Crippen LogP contribution in [-0.2, 0) is 0 Å². The third-order valence-electron chi connectivity index (χ3n) is 5.54. The van der Waals surface area contributed by atoms with E-state index in [1.54, 1.807) is 0 Å². The summed E-state index contributed by atoms with van der Waals surface area (Å²) in [7, 11) is 0. The zero-order valence-corrected chi connectivity index (χ0v) is 14.8. The summed E-state index contributed by atoms with van der Waals surface area (Å²) in [5.74, 6) is 2.24. The van der Waals surface area contributed by atoms with Crippen molar-refractivity contribution in [2.75, 3.05) is 31.1 Å². The molecule has 2 fully saturated rings. The Labute approximate surface area is 143 Å². The quantitative estimate of drug-likeness (QED) is 0.861. The van der Waals surface area contributed by atoms with E-state index in [0.717, 1.165) is 37.9 Å². The van der Waals surface area contributed by atoms with Crippen molar-refractivity contribution >= 4 is 5.69 Å². The van der Waals surface area contributed by atoms with E-state index in [1.165, 1.54) is 29.7 Å². The van der Waals surface area contributed by atoms with Gasteiger partial charge in [-0.05, 0) is 50.8 Å². The maximum absolute atomic E-state index is 5.51. The van der Waals surface area contributed by atoms with E-state index < -0.39 is 0 Å². The Bertz CT molecular complexity index is 714. The van der Waals surface area contributed by atoms with E-state index in [1.807, 2.05) is 0 Å². The monoisotopic (exact) mass is 326 g/mol. The molecule has 24 heavy (non-hydrogen) atoms. The van der Waals surface area contributed by atoms with Crippen molar-refractivity contribution in [2.24, 2.45) is 0 Å². The Kier molecular flexibility index (Phi) is 4.04. The Morgan fingerprint density at radius 2 is 1.88 bits per heavy atom. The van der Waals surface area contributed by atoms with Crippen LogP contribution in [-0.4, -0.2) is 41.2 Å². The number of rotatable bonds is 4. The molecule has 1 aromatic carbocycles. The Morgan fingerprint density at radius 1 is 1.12 bits per heavy atom. The molecule has 1 aromatic heterocycles. The van der Waals surface area contributed by atoms with Gasteiger partial charge in [0.05, 0.1) is 6.04 Å². The molecule has 1 aliphatic heterocycles. The van der Waals surface area contributed by atoms with Crippen LogP contribution >= 0.6 is 0 Å². The minimum atomic E-state index is 0.200. The SMILES string of the molecule is Cc1cccc(N2CCN([C@H](C)c3nc(C4CC4)no3)CC2)c1C. The molecule has 0 spiro atoms. The lowest BCUT2D eigenvalue weighted by atomic mass is 10.1. The molecule has 5 nitrogen and oxygen atoms in total. The largest absolute Gasteiger partial charge is 0.369 e. The van der Waals surface area contributed by atoms with Gasteiger partial charge in [0, 0.05) is 37.8 Å². The summed E-state index contributed by atoms with van der Waals surface area (Å²) in [6.07, 6.45) is 2.42. The molecular formula is C19H26N4O. The van der Waals surface area contributed by atoms with Crippen LogP contribution in [0.15, 0.2) is 22.7 Å². The van der Waals surface area contributed by atoms with Crippen LogP contribution in [0.1, 0.15) is 54.6 Å². The first-order chi connectivity index (χ1) is 11.6. The fraction of sp³-hybridized carbons (Fsp3) is 0.579. The zero-order chi connectivity index (χ0) is 16.7. The third-order valence-corrected chi connectivity index (χ3v) is 5.54. The lowest BCUT2D eigenvalue weighted by molar-refractivity contribution is 0.164. The average Bonchev–Trinajstić information content (AvgIpc) is 3.34. The molecule has 2 heterocycles. The molecule has 128 valence electrons. The van der Waals surface area contributed by atoms with Gasteiger partial charge >= 0.3 is 0 Å². The molecular weight excluding hydrogens is 300 g/mol. The van der Waals surface area contributed by atoms with Crippen LogP contribution in [0.4, 0.5) is 5.69 Å². The van der Waals surface area contributed by atoms with Crippen LogP contribution < -0.4 is 4.90 Å². The van der Waals surface area contributed by atoms with Crippen molar-refractivity contribution in [3.05, 3.63) is 41.0 Å². The van der Waals surface area contributed by atoms with Crippen LogP contribution in [0.3, 0.4) is 0 Å². The Morgan fingerprint density at radius 3 is 2.58 bits per heavy atom. The van der Waals surface area contributed by atoms with E-state index in [0.29, 0.717) is 5.92 Å². The third kappa shape index (κ3) is 2.93. The molecule has 1 aliphatic carbocycles. The molecule has 2 aliphatic rings. The first-order valence-electron chi connectivity index (χ1n) is 9.02. The van der Waals surface area contributed by atoms with Gasteiger partial charge in [0.15, 0.2) is 5.82 Å². The smallest absolute Gasteiger partial charge is 0.243 e. The predicted molar refractivity (Wildman–Crippen MR) is 94.4 cm³/mol. The maximum atomic E-state index is 5.51. The summed E-state index contributed by atoms with van der Waals surface area (Å²) in [6, 6.07) is 6.78. The van der Waals surface area contributed by atoms with Crippen molar-refractivity contribution in [1.82, 2.24) is 15.0 Å². The average molecular weight is 326 g/mol. The topological polar surface area (TPSA) is 45.4 Å². The van der Waals surface area contributed by atoms with Gasteiger partial charge in [0.2, 0.25) is 5.89 Å². The standard InChI is InChI=1S/C19H26N4O/c1-13-5-4-6-17(14(13)2)23-11-9-22(10-12-23)15(3)19-20-18(21-24-19)16-7-8-16/h4-6,15-16H,7-12H2,1-3H3/t15-/m1/s1. The highest BCUT2D eigenvalue weighted by Crippen LogP contribution is 2.38. The molecule has 0 N–H and O–H groups in total. The molecule has 1 saturated heterocycles. The van der Waals surface area contributed by atoms with Gasteiger partial charge in [0.1, 0.15) is 0 Å². The first kappa shape index (κ1) is 15.6. The highest BCUT2D eigenvalue weighted by molar-refractivity contribution is 5.56. The van der Waals surface area contributed by atoms with Crippen molar-refractivity contribution < 1.29 is 4.52 Å². The van der Waals surface area contributed by atoms with Gasteiger partial charge < -0.3 is 9.42 Å². The van der Waals surface area contributed by atoms with E-state index in [-0.39, 0.29) is 6.04 Å².